The molecule has 2 rings (SSSR count). The van der Waals surface area contributed by atoms with Crippen LogP contribution in [-0.4, -0.2) is 26.6 Å². The van der Waals surface area contributed by atoms with E-state index in [2.05, 4.69) is 21.2 Å². The molecule has 1 aliphatic rings. The van der Waals surface area contributed by atoms with Gasteiger partial charge in [0.15, 0.2) is 9.84 Å². The summed E-state index contributed by atoms with van der Waals surface area (Å²) in [6.07, 6.45) is 1.95. The Morgan fingerprint density at radius 3 is 2.44 bits per heavy atom. The van der Waals surface area contributed by atoms with Gasteiger partial charge in [0.25, 0.3) is 0 Å². The van der Waals surface area contributed by atoms with Gasteiger partial charge in [-0.25, -0.2) is 8.42 Å². The zero-order valence-corrected chi connectivity index (χ0v) is 11.4. The van der Waals surface area contributed by atoms with Crippen LogP contribution in [-0.2, 0) is 9.84 Å². The third-order valence-corrected chi connectivity index (χ3v) is 4.87. The molecule has 88 valence electrons. The fourth-order valence-corrected chi connectivity index (χ4v) is 3.26. The number of hydrogen-bond acceptors (Lipinski definition) is 3. The van der Waals surface area contributed by atoms with Crippen molar-refractivity contribution in [3.8, 4) is 0 Å². The van der Waals surface area contributed by atoms with E-state index in [0.717, 1.165) is 11.0 Å². The molecule has 1 aliphatic heterocycles. The number of nitrogens with one attached hydrogen (secondary N) is 1. The maximum atomic E-state index is 11.4. The molecule has 1 fully saturated rings. The minimum absolute atomic E-state index is 0.299. The predicted molar refractivity (Wildman–Crippen MR) is 68.1 cm³/mol. The van der Waals surface area contributed by atoms with Crippen LogP contribution in [0.4, 0.5) is 0 Å². The van der Waals surface area contributed by atoms with Crippen molar-refractivity contribution < 1.29 is 8.42 Å². The molecule has 0 amide bonds. The number of halogens is 1. The van der Waals surface area contributed by atoms with Gasteiger partial charge in [0, 0.05) is 17.3 Å². The molecule has 5 heteroatoms. The molecule has 0 aliphatic carbocycles. The Morgan fingerprint density at radius 2 is 1.94 bits per heavy atom. The van der Waals surface area contributed by atoms with Crippen LogP contribution >= 0.6 is 15.9 Å². The van der Waals surface area contributed by atoms with E-state index in [1.54, 1.807) is 0 Å². The van der Waals surface area contributed by atoms with Crippen molar-refractivity contribution >= 4 is 25.8 Å². The van der Waals surface area contributed by atoms with Crippen LogP contribution in [0.25, 0.3) is 0 Å². The zero-order chi connectivity index (χ0) is 11.8. The molecule has 0 radical (unpaired) electrons. The van der Waals surface area contributed by atoms with E-state index in [-0.39, 0.29) is 5.37 Å². The van der Waals surface area contributed by atoms with E-state index < -0.39 is 9.84 Å². The Bertz CT molecular complexity index is 469. The van der Waals surface area contributed by atoms with Crippen molar-refractivity contribution in [2.75, 3.05) is 12.8 Å². The van der Waals surface area contributed by atoms with Crippen molar-refractivity contribution in [1.29, 1.82) is 0 Å². The van der Waals surface area contributed by atoms with E-state index >= 15 is 0 Å². The molecule has 1 aromatic carbocycles. The Kier molecular flexibility index (Phi) is 3.37. The van der Waals surface area contributed by atoms with Crippen molar-refractivity contribution in [2.24, 2.45) is 0 Å². The predicted octanol–water partition coefficient (Wildman–Crippen LogP) is 1.90. The third kappa shape index (κ3) is 2.64. The second-order valence-corrected chi connectivity index (χ2v) is 7.35. The second kappa shape index (κ2) is 4.47. The van der Waals surface area contributed by atoms with Gasteiger partial charge in [-0.15, -0.1) is 0 Å². The zero-order valence-electron chi connectivity index (χ0n) is 8.98. The summed E-state index contributed by atoms with van der Waals surface area (Å²) in [6.45, 7) is 0.735. The Hall–Kier alpha value is -0.390. The van der Waals surface area contributed by atoms with Gasteiger partial charge in [-0.2, -0.15) is 0 Å². The molecule has 3 nitrogen and oxygen atoms in total. The van der Waals surface area contributed by atoms with Crippen LogP contribution in [0, 0.1) is 0 Å². The number of rotatable bonds is 2. The average molecular weight is 304 g/mol. The van der Waals surface area contributed by atoms with Gasteiger partial charge in [-0.3, -0.25) is 0 Å². The molecular formula is C11H14BrNO2S. The highest BCUT2D eigenvalue weighted by molar-refractivity contribution is 9.10. The molecule has 1 heterocycles. The lowest BCUT2D eigenvalue weighted by Gasteiger charge is -2.09. The fraction of sp³-hybridized carbons (Fsp3) is 0.455. The normalized spacial score (nSPS) is 25.9. The molecule has 16 heavy (non-hydrogen) atoms. The van der Waals surface area contributed by atoms with Crippen LogP contribution in [0.1, 0.15) is 17.9 Å². The van der Waals surface area contributed by atoms with Crippen molar-refractivity contribution in [2.45, 2.75) is 17.7 Å². The summed E-state index contributed by atoms with van der Waals surface area (Å²) in [5.41, 5.74) is 1.20. The van der Waals surface area contributed by atoms with Crippen molar-refractivity contribution in [3.05, 3.63) is 34.3 Å². The molecule has 0 spiro atoms. The van der Waals surface area contributed by atoms with E-state index in [4.69, 9.17) is 0 Å². The summed E-state index contributed by atoms with van der Waals surface area (Å²) >= 11 is 3.39. The molecule has 2 unspecified atom stereocenters. The van der Waals surface area contributed by atoms with Gasteiger partial charge >= 0.3 is 0 Å². The van der Waals surface area contributed by atoms with Crippen LogP contribution in [0.15, 0.2) is 28.7 Å². The lowest BCUT2D eigenvalue weighted by molar-refractivity contribution is 0.577. The van der Waals surface area contributed by atoms with E-state index in [1.807, 2.05) is 24.3 Å². The largest absolute Gasteiger partial charge is 0.301 e. The number of sulfone groups is 1. The number of hydrogen-bond donors (Lipinski definition) is 1. The number of benzene rings is 1. The summed E-state index contributed by atoms with van der Waals surface area (Å²) in [5.74, 6) is 0.299. The first-order valence-electron chi connectivity index (χ1n) is 5.14. The van der Waals surface area contributed by atoms with Gasteiger partial charge in [0.1, 0.15) is 5.37 Å². The first-order chi connectivity index (χ1) is 7.47. The third-order valence-electron chi connectivity index (χ3n) is 2.95. The first kappa shape index (κ1) is 12.1. The average Bonchev–Trinajstić information content (AvgIpc) is 2.67. The summed E-state index contributed by atoms with van der Waals surface area (Å²) in [4.78, 5) is 0. The highest BCUT2D eigenvalue weighted by Gasteiger charge is 2.31. The second-order valence-electron chi connectivity index (χ2n) is 4.21. The van der Waals surface area contributed by atoms with Crippen molar-refractivity contribution in [1.82, 2.24) is 5.32 Å². The van der Waals surface area contributed by atoms with E-state index in [9.17, 15) is 8.42 Å². The van der Waals surface area contributed by atoms with Crippen LogP contribution in [0.5, 0.6) is 0 Å². The van der Waals surface area contributed by atoms with Crippen molar-refractivity contribution in [3.63, 3.8) is 0 Å². The highest BCUT2D eigenvalue weighted by atomic mass is 79.9. The van der Waals surface area contributed by atoms with Crippen LogP contribution in [0.2, 0.25) is 0 Å². The highest BCUT2D eigenvalue weighted by Crippen LogP contribution is 2.28. The lowest BCUT2D eigenvalue weighted by Crippen LogP contribution is -2.29. The van der Waals surface area contributed by atoms with Gasteiger partial charge < -0.3 is 5.32 Å². The fourth-order valence-electron chi connectivity index (χ4n) is 2.01. The quantitative estimate of drug-likeness (QED) is 0.907. The Labute approximate surface area is 104 Å². The minimum atomic E-state index is -2.97. The monoisotopic (exact) mass is 303 g/mol. The molecule has 0 saturated carbocycles. The molecule has 2 atom stereocenters. The van der Waals surface area contributed by atoms with Gasteiger partial charge in [0.05, 0.1) is 0 Å². The maximum absolute atomic E-state index is 11.4. The van der Waals surface area contributed by atoms with Crippen LogP contribution in [0.3, 0.4) is 0 Å². The SMILES string of the molecule is CS(=O)(=O)C1CC(c2ccc(Br)cc2)CN1. The smallest absolute Gasteiger partial charge is 0.163 e. The summed E-state index contributed by atoms with van der Waals surface area (Å²) in [6, 6.07) is 8.06. The van der Waals surface area contributed by atoms with E-state index in [1.165, 1.54) is 11.8 Å². The standard InChI is InChI=1S/C11H14BrNO2S/c1-16(14,15)11-6-9(7-13-11)8-2-4-10(12)5-3-8/h2-5,9,11,13H,6-7H2,1H3. The summed E-state index contributed by atoms with van der Waals surface area (Å²) < 4.78 is 23.8. The topological polar surface area (TPSA) is 46.2 Å². The minimum Gasteiger partial charge on any atom is -0.301 e. The molecule has 1 saturated heterocycles. The van der Waals surface area contributed by atoms with Gasteiger partial charge in [-0.1, -0.05) is 28.1 Å². The maximum Gasteiger partial charge on any atom is 0.163 e. The Morgan fingerprint density at radius 1 is 1.31 bits per heavy atom. The van der Waals surface area contributed by atoms with Gasteiger partial charge in [-0.05, 0) is 30.0 Å². The van der Waals surface area contributed by atoms with Crippen LogP contribution < -0.4 is 5.32 Å². The Balaban J connectivity index is 2.12. The van der Waals surface area contributed by atoms with E-state index in [0.29, 0.717) is 12.3 Å². The molecule has 0 aromatic heterocycles. The lowest BCUT2D eigenvalue weighted by atomic mass is 9.99. The van der Waals surface area contributed by atoms with Gasteiger partial charge in [0.2, 0.25) is 0 Å². The molecule has 0 bridgehead atoms. The molecular weight excluding hydrogens is 290 g/mol. The first-order valence-corrected chi connectivity index (χ1v) is 7.89. The summed E-state index contributed by atoms with van der Waals surface area (Å²) in [7, 11) is -2.97. The molecule has 1 aromatic rings. The molecule has 1 N–H and O–H groups in total. The summed E-state index contributed by atoms with van der Waals surface area (Å²) in [5, 5.41) is 2.67.